The summed E-state index contributed by atoms with van der Waals surface area (Å²) in [6.07, 6.45) is 2.52. The standard InChI is InChI=1S/C22H21N3O2/c23-14-16-4-3-7-20(12-16)25-11-10-24(15-21(25)26)22(27)19-9-8-17-5-1-2-6-18(17)13-19/h1-7,12,19H,8-11,13,15H2/t19-/m0/s1. The Bertz CT molecular complexity index is 931. The third kappa shape index (κ3) is 3.43. The topological polar surface area (TPSA) is 64.4 Å². The van der Waals surface area contributed by atoms with Gasteiger partial charge in [-0.05, 0) is 48.6 Å². The minimum atomic E-state index is -0.0964. The second kappa shape index (κ2) is 7.24. The van der Waals surface area contributed by atoms with Crippen molar-refractivity contribution in [1.29, 1.82) is 5.26 Å². The quantitative estimate of drug-likeness (QED) is 0.828. The van der Waals surface area contributed by atoms with Gasteiger partial charge in [-0.15, -0.1) is 0 Å². The van der Waals surface area contributed by atoms with E-state index in [1.807, 2.05) is 18.2 Å². The molecule has 0 unspecified atom stereocenters. The van der Waals surface area contributed by atoms with Crippen molar-refractivity contribution in [2.24, 2.45) is 5.92 Å². The van der Waals surface area contributed by atoms with Crippen LogP contribution in [0.2, 0.25) is 0 Å². The molecule has 1 fully saturated rings. The lowest BCUT2D eigenvalue weighted by Crippen LogP contribution is -2.54. The van der Waals surface area contributed by atoms with Gasteiger partial charge in [-0.1, -0.05) is 30.3 Å². The lowest BCUT2D eigenvalue weighted by atomic mass is 9.83. The molecule has 136 valence electrons. The van der Waals surface area contributed by atoms with E-state index in [0.29, 0.717) is 18.7 Å². The Balaban J connectivity index is 1.43. The molecule has 1 aliphatic carbocycles. The highest BCUT2D eigenvalue weighted by Gasteiger charge is 2.33. The van der Waals surface area contributed by atoms with Crippen molar-refractivity contribution < 1.29 is 9.59 Å². The molecule has 0 aromatic heterocycles. The van der Waals surface area contributed by atoms with Gasteiger partial charge < -0.3 is 9.80 Å². The molecule has 2 aromatic rings. The van der Waals surface area contributed by atoms with E-state index in [0.717, 1.165) is 24.9 Å². The Hall–Kier alpha value is -3.13. The van der Waals surface area contributed by atoms with Crippen LogP contribution in [0.15, 0.2) is 48.5 Å². The molecule has 4 rings (SSSR count). The highest BCUT2D eigenvalue weighted by atomic mass is 16.2. The minimum Gasteiger partial charge on any atom is -0.331 e. The summed E-state index contributed by atoms with van der Waals surface area (Å²) in [7, 11) is 0. The number of rotatable bonds is 2. The van der Waals surface area contributed by atoms with Gasteiger partial charge in [0.1, 0.15) is 6.54 Å². The van der Waals surface area contributed by atoms with Crippen molar-refractivity contribution in [3.8, 4) is 6.07 Å². The van der Waals surface area contributed by atoms with Gasteiger partial charge in [-0.2, -0.15) is 5.26 Å². The molecule has 1 aliphatic heterocycles. The van der Waals surface area contributed by atoms with Crippen LogP contribution in [0, 0.1) is 17.2 Å². The van der Waals surface area contributed by atoms with E-state index < -0.39 is 0 Å². The molecule has 0 bridgehead atoms. The second-order valence-electron chi connectivity index (χ2n) is 7.18. The maximum Gasteiger partial charge on any atom is 0.246 e. The van der Waals surface area contributed by atoms with Crippen LogP contribution in [0.4, 0.5) is 5.69 Å². The highest BCUT2D eigenvalue weighted by molar-refractivity contribution is 5.98. The van der Waals surface area contributed by atoms with Gasteiger partial charge in [-0.25, -0.2) is 0 Å². The van der Waals surface area contributed by atoms with E-state index in [-0.39, 0.29) is 24.3 Å². The van der Waals surface area contributed by atoms with Gasteiger partial charge in [0.2, 0.25) is 11.8 Å². The zero-order chi connectivity index (χ0) is 18.8. The van der Waals surface area contributed by atoms with Gasteiger partial charge in [0.05, 0.1) is 11.6 Å². The SMILES string of the molecule is N#Cc1cccc(N2CCN(C(=O)[C@H]3CCc4ccccc4C3)CC2=O)c1. The van der Waals surface area contributed by atoms with Crippen LogP contribution < -0.4 is 4.90 Å². The Morgan fingerprint density at radius 3 is 2.67 bits per heavy atom. The molecule has 5 heteroatoms. The fourth-order valence-electron chi connectivity index (χ4n) is 4.04. The molecule has 27 heavy (non-hydrogen) atoms. The van der Waals surface area contributed by atoms with E-state index in [9.17, 15) is 9.59 Å². The van der Waals surface area contributed by atoms with Crippen LogP contribution in [-0.2, 0) is 22.4 Å². The predicted molar refractivity (Wildman–Crippen MR) is 102 cm³/mol. The first-order chi connectivity index (χ1) is 13.2. The monoisotopic (exact) mass is 359 g/mol. The number of nitrogens with zero attached hydrogens (tertiary/aromatic N) is 3. The van der Waals surface area contributed by atoms with E-state index in [2.05, 4.69) is 18.2 Å². The average molecular weight is 359 g/mol. The van der Waals surface area contributed by atoms with Gasteiger partial charge in [0, 0.05) is 24.7 Å². The number of nitriles is 1. The van der Waals surface area contributed by atoms with Crippen LogP contribution >= 0.6 is 0 Å². The predicted octanol–water partition coefficient (Wildman–Crippen LogP) is 2.54. The van der Waals surface area contributed by atoms with Gasteiger partial charge in [0.25, 0.3) is 0 Å². The van der Waals surface area contributed by atoms with Crippen LogP contribution in [-0.4, -0.2) is 36.3 Å². The number of piperazine rings is 1. The van der Waals surface area contributed by atoms with Crippen molar-refractivity contribution in [3.63, 3.8) is 0 Å². The van der Waals surface area contributed by atoms with E-state index in [1.165, 1.54) is 11.1 Å². The number of amides is 2. The second-order valence-corrected chi connectivity index (χ2v) is 7.18. The summed E-state index contributed by atoms with van der Waals surface area (Å²) in [4.78, 5) is 29.0. The summed E-state index contributed by atoms with van der Waals surface area (Å²) >= 11 is 0. The van der Waals surface area contributed by atoms with Crippen LogP contribution in [0.5, 0.6) is 0 Å². The van der Waals surface area contributed by atoms with Gasteiger partial charge in [0.15, 0.2) is 0 Å². The number of carbonyl (C=O) groups is 2. The molecule has 1 heterocycles. The fraction of sp³-hybridized carbons (Fsp3) is 0.318. The zero-order valence-corrected chi connectivity index (χ0v) is 15.1. The Kier molecular flexibility index (Phi) is 4.64. The van der Waals surface area contributed by atoms with Crippen molar-refractivity contribution >= 4 is 17.5 Å². The first kappa shape index (κ1) is 17.3. The number of hydrogen-bond acceptors (Lipinski definition) is 3. The average Bonchev–Trinajstić information content (AvgIpc) is 2.72. The summed E-state index contributed by atoms with van der Waals surface area (Å²) in [5.74, 6) is -0.0506. The first-order valence-corrected chi connectivity index (χ1v) is 9.32. The summed E-state index contributed by atoms with van der Waals surface area (Å²) in [6.45, 7) is 1.09. The largest absolute Gasteiger partial charge is 0.331 e. The van der Waals surface area contributed by atoms with Crippen molar-refractivity contribution in [2.75, 3.05) is 24.5 Å². The molecule has 1 saturated heterocycles. The number of aryl methyl sites for hydroxylation is 1. The highest BCUT2D eigenvalue weighted by Crippen LogP contribution is 2.27. The molecule has 5 nitrogen and oxygen atoms in total. The Morgan fingerprint density at radius 2 is 1.89 bits per heavy atom. The van der Waals surface area contributed by atoms with Crippen LogP contribution in [0.1, 0.15) is 23.1 Å². The number of benzene rings is 2. The summed E-state index contributed by atoms with van der Waals surface area (Å²) in [6, 6.07) is 17.4. The third-order valence-corrected chi connectivity index (χ3v) is 5.52. The molecule has 1 atom stereocenters. The summed E-state index contributed by atoms with van der Waals surface area (Å²) < 4.78 is 0. The van der Waals surface area contributed by atoms with Crippen molar-refractivity contribution in [3.05, 3.63) is 65.2 Å². The molecule has 2 amide bonds. The van der Waals surface area contributed by atoms with Gasteiger partial charge >= 0.3 is 0 Å². The number of carbonyl (C=O) groups excluding carboxylic acids is 2. The molecule has 2 aromatic carbocycles. The zero-order valence-electron chi connectivity index (χ0n) is 15.1. The normalized spacial score (nSPS) is 19.4. The molecule has 0 spiro atoms. The lowest BCUT2D eigenvalue weighted by Gasteiger charge is -2.37. The maximum absolute atomic E-state index is 13.0. The number of hydrogen-bond donors (Lipinski definition) is 0. The molecular formula is C22H21N3O2. The smallest absolute Gasteiger partial charge is 0.246 e. The van der Waals surface area contributed by atoms with E-state index in [4.69, 9.17) is 5.26 Å². The lowest BCUT2D eigenvalue weighted by molar-refractivity contribution is -0.140. The fourth-order valence-corrected chi connectivity index (χ4v) is 4.04. The Labute approximate surface area is 158 Å². The summed E-state index contributed by atoms with van der Waals surface area (Å²) in [5.41, 5.74) is 3.83. The molecular weight excluding hydrogens is 338 g/mol. The van der Waals surface area contributed by atoms with Crippen LogP contribution in [0.25, 0.3) is 0 Å². The van der Waals surface area contributed by atoms with Crippen molar-refractivity contribution in [1.82, 2.24) is 4.90 Å². The molecule has 0 saturated carbocycles. The minimum absolute atomic E-state index is 0.0406. The number of fused-ring (bicyclic) bond motifs is 1. The molecule has 0 N–H and O–H groups in total. The van der Waals surface area contributed by atoms with E-state index in [1.54, 1.807) is 28.0 Å². The summed E-state index contributed by atoms with van der Waals surface area (Å²) in [5, 5.41) is 9.05. The van der Waals surface area contributed by atoms with E-state index >= 15 is 0 Å². The third-order valence-electron chi connectivity index (χ3n) is 5.52. The van der Waals surface area contributed by atoms with Crippen molar-refractivity contribution in [2.45, 2.75) is 19.3 Å². The molecule has 0 radical (unpaired) electrons. The maximum atomic E-state index is 13.0. The van der Waals surface area contributed by atoms with Gasteiger partial charge in [-0.3, -0.25) is 9.59 Å². The molecule has 2 aliphatic rings. The first-order valence-electron chi connectivity index (χ1n) is 9.32. The number of anilines is 1. The van der Waals surface area contributed by atoms with Crippen LogP contribution in [0.3, 0.4) is 0 Å². The Morgan fingerprint density at radius 1 is 1.07 bits per heavy atom.